The van der Waals surface area contributed by atoms with Crippen LogP contribution in [0.3, 0.4) is 0 Å². The van der Waals surface area contributed by atoms with Crippen molar-refractivity contribution >= 4 is 16.2 Å². The Kier molecular flexibility index (Phi) is 6.69. The van der Waals surface area contributed by atoms with Crippen LogP contribution in [-0.4, -0.2) is 32.8 Å². The molecule has 1 N–H and O–H groups in total. The Bertz CT molecular complexity index is 706. The quantitative estimate of drug-likeness (QED) is 0.783. The number of rotatable bonds is 5. The lowest BCUT2D eigenvalue weighted by molar-refractivity contribution is 0.0478. The normalized spacial score (nSPS) is 21.2. The molecule has 1 aliphatic carbocycles. The van der Waals surface area contributed by atoms with Gasteiger partial charge in [0.05, 0.1) is 11.5 Å². The van der Waals surface area contributed by atoms with E-state index in [4.69, 9.17) is 8.92 Å². The first kappa shape index (κ1) is 20.7. The number of carbonyl (C=O) groups excluding carboxylic acids is 1. The van der Waals surface area contributed by atoms with Crippen LogP contribution in [0, 0.1) is 12.8 Å². The molecule has 2 unspecified atom stereocenters. The van der Waals surface area contributed by atoms with E-state index in [1.807, 2.05) is 27.7 Å². The van der Waals surface area contributed by atoms with Crippen molar-refractivity contribution in [2.45, 2.75) is 69.9 Å². The number of nitrogens with one attached hydrogen (secondary N) is 1. The maximum absolute atomic E-state index is 12.3. The van der Waals surface area contributed by atoms with E-state index in [0.717, 1.165) is 24.8 Å². The Morgan fingerprint density at radius 1 is 1.19 bits per heavy atom. The molecule has 7 heteroatoms. The van der Waals surface area contributed by atoms with Crippen LogP contribution >= 0.6 is 0 Å². The van der Waals surface area contributed by atoms with Crippen molar-refractivity contribution in [1.82, 2.24) is 5.32 Å². The zero-order chi connectivity index (χ0) is 19.4. The average Bonchev–Trinajstić information content (AvgIpc) is 2.52. The third-order valence-corrected chi connectivity index (χ3v) is 5.57. The van der Waals surface area contributed by atoms with E-state index >= 15 is 0 Å². The first-order chi connectivity index (χ1) is 12.0. The maximum atomic E-state index is 12.3. The van der Waals surface area contributed by atoms with Gasteiger partial charge in [0.1, 0.15) is 5.60 Å². The molecule has 26 heavy (non-hydrogen) atoms. The first-order valence-electron chi connectivity index (χ1n) is 9.01. The fourth-order valence-corrected chi connectivity index (χ4v) is 3.98. The number of hydrogen-bond acceptors (Lipinski definition) is 5. The van der Waals surface area contributed by atoms with Gasteiger partial charge in [-0.3, -0.25) is 4.18 Å². The summed E-state index contributed by atoms with van der Waals surface area (Å²) in [7, 11) is -3.75. The minimum absolute atomic E-state index is 0.0192. The van der Waals surface area contributed by atoms with Crippen molar-refractivity contribution in [2.24, 2.45) is 5.92 Å². The van der Waals surface area contributed by atoms with Gasteiger partial charge in [0.2, 0.25) is 0 Å². The lowest BCUT2D eigenvalue weighted by Gasteiger charge is -2.30. The summed E-state index contributed by atoms with van der Waals surface area (Å²) in [4.78, 5) is 12.1. The maximum Gasteiger partial charge on any atom is 0.407 e. The fourth-order valence-electron chi connectivity index (χ4n) is 3.01. The number of benzene rings is 1. The lowest BCUT2D eigenvalue weighted by Crippen LogP contribution is -2.42. The molecule has 0 heterocycles. The summed E-state index contributed by atoms with van der Waals surface area (Å²) in [6, 6.07) is 6.58. The molecular formula is C19H29NO5S. The number of aryl methyl sites for hydroxylation is 1. The zero-order valence-corrected chi connectivity index (χ0v) is 16.8. The van der Waals surface area contributed by atoms with Crippen LogP contribution in [0.15, 0.2) is 29.2 Å². The highest BCUT2D eigenvalue weighted by Crippen LogP contribution is 2.26. The molecular weight excluding hydrogens is 354 g/mol. The second kappa shape index (κ2) is 8.39. The molecule has 1 aliphatic rings. The van der Waals surface area contributed by atoms with E-state index in [-0.39, 0.29) is 23.5 Å². The summed E-state index contributed by atoms with van der Waals surface area (Å²) >= 11 is 0. The molecule has 6 nitrogen and oxygen atoms in total. The Morgan fingerprint density at radius 2 is 1.85 bits per heavy atom. The van der Waals surface area contributed by atoms with Crippen molar-refractivity contribution in [2.75, 3.05) is 6.61 Å². The number of ether oxygens (including phenoxy) is 1. The van der Waals surface area contributed by atoms with Gasteiger partial charge in [-0.05, 0) is 65.0 Å². The highest BCUT2D eigenvalue weighted by atomic mass is 32.2. The van der Waals surface area contributed by atoms with Gasteiger partial charge < -0.3 is 10.1 Å². The van der Waals surface area contributed by atoms with Gasteiger partial charge in [0.25, 0.3) is 10.1 Å². The van der Waals surface area contributed by atoms with Crippen LogP contribution in [0.5, 0.6) is 0 Å². The fraction of sp³-hybridized carbons (Fsp3) is 0.632. The molecule has 2 rings (SSSR count). The van der Waals surface area contributed by atoms with Crippen LogP contribution in [0.2, 0.25) is 0 Å². The van der Waals surface area contributed by atoms with Crippen molar-refractivity contribution < 1.29 is 22.1 Å². The number of alkyl carbamates (subject to hydrolysis) is 1. The number of amides is 1. The first-order valence-corrected chi connectivity index (χ1v) is 10.4. The third kappa shape index (κ3) is 6.61. The Morgan fingerprint density at radius 3 is 2.46 bits per heavy atom. The molecule has 2 atom stereocenters. The van der Waals surface area contributed by atoms with Crippen LogP contribution in [0.4, 0.5) is 4.79 Å². The standard InChI is InChI=1S/C19H29NO5S/c1-14-8-10-17(11-9-14)26(22,23)24-13-15-6-5-7-16(12-15)20-18(21)25-19(2,3)4/h8-11,15-16H,5-7,12-13H2,1-4H3,(H,20,21). The van der Waals surface area contributed by atoms with Crippen molar-refractivity contribution in [1.29, 1.82) is 0 Å². The summed E-state index contributed by atoms with van der Waals surface area (Å²) in [6.45, 7) is 7.49. The molecule has 1 amide bonds. The predicted molar refractivity (Wildman–Crippen MR) is 99.4 cm³/mol. The third-order valence-electron chi connectivity index (χ3n) is 4.27. The van der Waals surface area contributed by atoms with E-state index < -0.39 is 21.8 Å². The summed E-state index contributed by atoms with van der Waals surface area (Å²) < 4.78 is 35.1. The molecule has 1 saturated carbocycles. The smallest absolute Gasteiger partial charge is 0.407 e. The predicted octanol–water partition coefficient (Wildman–Crippen LogP) is 3.78. The van der Waals surface area contributed by atoms with Gasteiger partial charge in [0, 0.05) is 6.04 Å². The zero-order valence-electron chi connectivity index (χ0n) is 15.9. The van der Waals surface area contributed by atoms with Gasteiger partial charge >= 0.3 is 6.09 Å². The Labute approximate surface area is 156 Å². The highest BCUT2D eigenvalue weighted by Gasteiger charge is 2.27. The van der Waals surface area contributed by atoms with Crippen molar-refractivity contribution in [3.05, 3.63) is 29.8 Å². The molecule has 0 bridgehead atoms. The van der Waals surface area contributed by atoms with Gasteiger partial charge in [-0.1, -0.05) is 24.1 Å². The molecule has 0 aromatic heterocycles. The molecule has 1 aromatic carbocycles. The van der Waals surface area contributed by atoms with E-state index in [2.05, 4.69) is 5.32 Å². The SMILES string of the molecule is Cc1ccc(S(=O)(=O)OCC2CCCC(NC(=O)OC(C)(C)C)C2)cc1. The van der Waals surface area contributed by atoms with E-state index in [1.165, 1.54) is 0 Å². The highest BCUT2D eigenvalue weighted by molar-refractivity contribution is 7.86. The number of carbonyl (C=O) groups is 1. The van der Waals surface area contributed by atoms with Crippen molar-refractivity contribution in [3.63, 3.8) is 0 Å². The van der Waals surface area contributed by atoms with Gasteiger partial charge in [-0.2, -0.15) is 8.42 Å². The summed E-state index contributed by atoms with van der Waals surface area (Å²) in [5, 5.41) is 2.87. The molecule has 0 saturated heterocycles. The van der Waals surface area contributed by atoms with Crippen LogP contribution in [-0.2, 0) is 19.0 Å². The van der Waals surface area contributed by atoms with Gasteiger partial charge in [0.15, 0.2) is 0 Å². The Balaban J connectivity index is 1.86. The topological polar surface area (TPSA) is 81.7 Å². The van der Waals surface area contributed by atoms with Crippen LogP contribution < -0.4 is 5.32 Å². The monoisotopic (exact) mass is 383 g/mol. The number of hydrogen-bond donors (Lipinski definition) is 1. The molecule has 0 radical (unpaired) electrons. The molecule has 1 fully saturated rings. The van der Waals surface area contributed by atoms with E-state index in [1.54, 1.807) is 24.3 Å². The molecule has 1 aromatic rings. The second-order valence-corrected chi connectivity index (χ2v) is 9.54. The molecule has 0 aliphatic heterocycles. The molecule has 0 spiro atoms. The summed E-state index contributed by atoms with van der Waals surface area (Å²) in [5.74, 6) is 0.0870. The van der Waals surface area contributed by atoms with Crippen LogP contribution in [0.25, 0.3) is 0 Å². The lowest BCUT2D eigenvalue weighted by atomic mass is 9.86. The minimum Gasteiger partial charge on any atom is -0.444 e. The average molecular weight is 384 g/mol. The minimum atomic E-state index is -3.75. The second-order valence-electron chi connectivity index (χ2n) is 7.93. The molecule has 146 valence electrons. The van der Waals surface area contributed by atoms with Gasteiger partial charge in [-0.25, -0.2) is 4.79 Å². The van der Waals surface area contributed by atoms with Crippen molar-refractivity contribution in [3.8, 4) is 0 Å². The largest absolute Gasteiger partial charge is 0.444 e. The van der Waals surface area contributed by atoms with E-state index in [0.29, 0.717) is 6.42 Å². The van der Waals surface area contributed by atoms with Crippen LogP contribution in [0.1, 0.15) is 52.0 Å². The van der Waals surface area contributed by atoms with E-state index in [9.17, 15) is 13.2 Å². The summed E-state index contributed by atoms with van der Waals surface area (Å²) in [5.41, 5.74) is 0.455. The van der Waals surface area contributed by atoms with Gasteiger partial charge in [-0.15, -0.1) is 0 Å². The Hall–Kier alpha value is -1.60. The summed E-state index contributed by atoms with van der Waals surface area (Å²) in [6.07, 6.45) is 2.91.